The minimum absolute atomic E-state index is 0.232. The normalized spacial score (nSPS) is 21.2. The first-order chi connectivity index (χ1) is 12.5. The first-order valence-electron chi connectivity index (χ1n) is 8.35. The number of anilines is 1. The Labute approximate surface area is 150 Å². The van der Waals surface area contributed by atoms with Crippen molar-refractivity contribution in [2.75, 3.05) is 4.90 Å². The van der Waals surface area contributed by atoms with Gasteiger partial charge in [-0.15, -0.1) is 0 Å². The van der Waals surface area contributed by atoms with Gasteiger partial charge in [-0.1, -0.05) is 48.5 Å². The molecule has 0 unspecified atom stereocenters. The van der Waals surface area contributed by atoms with E-state index in [4.69, 9.17) is 0 Å². The number of benzene rings is 2. The van der Waals surface area contributed by atoms with Gasteiger partial charge in [0.1, 0.15) is 0 Å². The average Bonchev–Trinajstić information content (AvgIpc) is 3.15. The van der Waals surface area contributed by atoms with Crippen molar-refractivity contribution in [1.29, 1.82) is 0 Å². The fraction of sp³-hybridized carbons (Fsp3) is 0.200. The number of hydrazone groups is 1. The third-order valence-electron chi connectivity index (χ3n) is 4.87. The number of hydrogen-bond donors (Lipinski definition) is 0. The molecule has 0 aromatic heterocycles. The molecule has 3 amide bonds. The van der Waals surface area contributed by atoms with Crippen LogP contribution in [0.2, 0.25) is 0 Å². The first kappa shape index (κ1) is 16.2. The lowest BCUT2D eigenvalue weighted by Crippen LogP contribution is -2.51. The zero-order valence-corrected chi connectivity index (χ0v) is 14.5. The average molecular weight is 347 g/mol. The molecule has 0 saturated heterocycles. The zero-order chi connectivity index (χ0) is 18.5. The SMILES string of the molecule is CC(=O)N1C(=O)[C@]2(CC(c3ccccc3)=NN2C(C)=O)c2ccccc21. The summed E-state index contributed by atoms with van der Waals surface area (Å²) in [6.45, 7) is 2.73. The van der Waals surface area contributed by atoms with Crippen LogP contribution in [0.4, 0.5) is 5.69 Å². The van der Waals surface area contributed by atoms with Crippen molar-refractivity contribution in [3.05, 3.63) is 65.7 Å². The minimum atomic E-state index is -1.31. The number of fused-ring (bicyclic) bond motifs is 2. The summed E-state index contributed by atoms with van der Waals surface area (Å²) in [5.74, 6) is -1.16. The molecule has 0 aliphatic carbocycles. The molecule has 0 fully saturated rings. The third-order valence-corrected chi connectivity index (χ3v) is 4.87. The van der Waals surface area contributed by atoms with Crippen molar-refractivity contribution in [3.63, 3.8) is 0 Å². The van der Waals surface area contributed by atoms with Crippen molar-refractivity contribution in [3.8, 4) is 0 Å². The van der Waals surface area contributed by atoms with Crippen LogP contribution in [-0.4, -0.2) is 28.4 Å². The Morgan fingerprint density at radius 2 is 1.62 bits per heavy atom. The Morgan fingerprint density at radius 3 is 2.27 bits per heavy atom. The quantitative estimate of drug-likeness (QED) is 0.795. The van der Waals surface area contributed by atoms with Gasteiger partial charge in [-0.2, -0.15) is 5.10 Å². The molecule has 2 aromatic carbocycles. The summed E-state index contributed by atoms with van der Waals surface area (Å²) in [5.41, 5.74) is 1.33. The molecule has 6 heteroatoms. The number of para-hydroxylation sites is 1. The minimum Gasteiger partial charge on any atom is -0.274 e. The molecule has 1 spiro atoms. The van der Waals surface area contributed by atoms with Gasteiger partial charge >= 0.3 is 0 Å². The van der Waals surface area contributed by atoms with Crippen LogP contribution in [0.25, 0.3) is 0 Å². The van der Waals surface area contributed by atoms with E-state index in [1.807, 2.05) is 30.3 Å². The van der Waals surface area contributed by atoms with E-state index in [1.165, 1.54) is 18.9 Å². The number of nitrogens with zero attached hydrogens (tertiary/aromatic N) is 3. The Balaban J connectivity index is 1.92. The predicted molar refractivity (Wildman–Crippen MR) is 96.4 cm³/mol. The van der Waals surface area contributed by atoms with Gasteiger partial charge in [-0.05, 0) is 11.6 Å². The van der Waals surface area contributed by atoms with Gasteiger partial charge in [0.2, 0.25) is 11.8 Å². The molecule has 2 heterocycles. The van der Waals surface area contributed by atoms with Gasteiger partial charge < -0.3 is 0 Å². The number of amides is 3. The Bertz CT molecular complexity index is 967. The molecule has 0 N–H and O–H groups in total. The highest BCUT2D eigenvalue weighted by atomic mass is 16.2. The van der Waals surface area contributed by atoms with Crippen LogP contribution in [0.15, 0.2) is 59.7 Å². The lowest BCUT2D eigenvalue weighted by molar-refractivity contribution is -0.144. The highest BCUT2D eigenvalue weighted by Crippen LogP contribution is 2.49. The van der Waals surface area contributed by atoms with E-state index in [1.54, 1.807) is 24.3 Å². The van der Waals surface area contributed by atoms with Gasteiger partial charge in [0.15, 0.2) is 5.54 Å². The summed E-state index contributed by atoms with van der Waals surface area (Å²) in [6, 6.07) is 16.5. The largest absolute Gasteiger partial charge is 0.274 e. The van der Waals surface area contributed by atoms with Crippen LogP contribution in [0.1, 0.15) is 31.4 Å². The van der Waals surface area contributed by atoms with Crippen molar-refractivity contribution < 1.29 is 14.4 Å². The third kappa shape index (κ3) is 2.05. The summed E-state index contributed by atoms with van der Waals surface area (Å²) in [6.07, 6.45) is 0.232. The van der Waals surface area contributed by atoms with Gasteiger partial charge in [-0.3, -0.25) is 14.4 Å². The summed E-state index contributed by atoms with van der Waals surface area (Å²) < 4.78 is 0. The van der Waals surface area contributed by atoms with Crippen LogP contribution >= 0.6 is 0 Å². The van der Waals surface area contributed by atoms with E-state index >= 15 is 0 Å². The highest BCUT2D eigenvalue weighted by molar-refractivity contribution is 6.25. The maximum atomic E-state index is 13.4. The van der Waals surface area contributed by atoms with Gasteiger partial charge in [0, 0.05) is 25.8 Å². The summed E-state index contributed by atoms with van der Waals surface area (Å²) in [5, 5.41) is 5.71. The maximum Gasteiger partial charge on any atom is 0.266 e. The molecule has 2 aliphatic heterocycles. The smallest absolute Gasteiger partial charge is 0.266 e. The molecule has 2 aliphatic rings. The fourth-order valence-corrected chi connectivity index (χ4v) is 3.80. The van der Waals surface area contributed by atoms with Crippen LogP contribution < -0.4 is 4.90 Å². The van der Waals surface area contributed by atoms with Gasteiger partial charge in [-0.25, -0.2) is 9.91 Å². The molecule has 0 bridgehead atoms. The van der Waals surface area contributed by atoms with Crippen LogP contribution in [0.3, 0.4) is 0 Å². The first-order valence-corrected chi connectivity index (χ1v) is 8.35. The molecule has 0 saturated carbocycles. The second kappa shape index (κ2) is 5.62. The number of carbonyl (C=O) groups excluding carboxylic acids is 3. The van der Waals surface area contributed by atoms with Crippen molar-refractivity contribution >= 4 is 29.1 Å². The van der Waals surface area contributed by atoms with Crippen LogP contribution in [0, 0.1) is 0 Å². The topological polar surface area (TPSA) is 70.1 Å². The fourth-order valence-electron chi connectivity index (χ4n) is 3.80. The molecule has 1 atom stereocenters. The summed E-state index contributed by atoms with van der Waals surface area (Å²) in [7, 11) is 0. The summed E-state index contributed by atoms with van der Waals surface area (Å²) in [4.78, 5) is 39.0. The molecule has 6 nitrogen and oxygen atoms in total. The van der Waals surface area contributed by atoms with E-state index in [9.17, 15) is 14.4 Å². The lowest BCUT2D eigenvalue weighted by atomic mass is 9.85. The molecular weight excluding hydrogens is 330 g/mol. The van der Waals surface area contributed by atoms with E-state index in [2.05, 4.69) is 5.10 Å². The number of rotatable bonds is 1. The highest BCUT2D eigenvalue weighted by Gasteiger charge is 2.60. The van der Waals surface area contributed by atoms with E-state index in [0.29, 0.717) is 17.0 Å². The Hall–Kier alpha value is -3.28. The molecular formula is C20H17N3O3. The molecule has 4 rings (SSSR count). The standard InChI is InChI=1S/C20H17N3O3/c1-13(24)22-18-11-7-6-10-16(18)20(19(22)26)12-17(21-23(20)14(2)25)15-8-4-3-5-9-15/h3-11H,12H2,1-2H3/t20-/m0/s1. The molecule has 2 aromatic rings. The van der Waals surface area contributed by atoms with Gasteiger partial charge in [0.05, 0.1) is 11.4 Å². The second-order valence-corrected chi connectivity index (χ2v) is 6.46. The van der Waals surface area contributed by atoms with E-state index in [0.717, 1.165) is 10.5 Å². The molecule has 26 heavy (non-hydrogen) atoms. The zero-order valence-electron chi connectivity index (χ0n) is 14.5. The van der Waals surface area contributed by atoms with E-state index in [-0.39, 0.29) is 18.2 Å². The van der Waals surface area contributed by atoms with Crippen molar-refractivity contribution in [1.82, 2.24) is 5.01 Å². The lowest BCUT2D eigenvalue weighted by Gasteiger charge is -2.30. The number of carbonyl (C=O) groups is 3. The monoisotopic (exact) mass is 347 g/mol. The second-order valence-electron chi connectivity index (χ2n) is 6.46. The van der Waals surface area contributed by atoms with Gasteiger partial charge in [0.25, 0.3) is 5.91 Å². The molecule has 0 radical (unpaired) electrons. The van der Waals surface area contributed by atoms with Crippen molar-refractivity contribution in [2.24, 2.45) is 5.10 Å². The number of imide groups is 1. The van der Waals surface area contributed by atoms with E-state index < -0.39 is 11.4 Å². The van der Waals surface area contributed by atoms with Crippen LogP contribution in [-0.2, 0) is 19.9 Å². The maximum absolute atomic E-state index is 13.4. The molecule has 130 valence electrons. The van der Waals surface area contributed by atoms with Crippen molar-refractivity contribution in [2.45, 2.75) is 25.8 Å². The van der Waals surface area contributed by atoms with Crippen LogP contribution in [0.5, 0.6) is 0 Å². The Morgan fingerprint density at radius 1 is 0.962 bits per heavy atom. The Kier molecular flexibility index (Phi) is 3.50. The summed E-state index contributed by atoms with van der Waals surface area (Å²) >= 11 is 0. The number of hydrogen-bond acceptors (Lipinski definition) is 4. The predicted octanol–water partition coefficient (Wildman–Crippen LogP) is 2.43.